The summed E-state index contributed by atoms with van der Waals surface area (Å²) in [5.41, 5.74) is 5.12. The molecule has 1 N–H and O–H groups in total. The Bertz CT molecular complexity index is 905. The van der Waals surface area contributed by atoms with Crippen LogP contribution in [0, 0.1) is 27.7 Å². The number of aromatic amines is 1. The first-order valence-corrected chi connectivity index (χ1v) is 9.25. The number of carbonyl (C=O) groups is 1. The Morgan fingerprint density at radius 2 is 2.00 bits per heavy atom. The summed E-state index contributed by atoms with van der Waals surface area (Å²) in [7, 11) is 1.40. The number of esters is 1. The van der Waals surface area contributed by atoms with Crippen molar-refractivity contribution in [2.45, 2.75) is 34.1 Å². The fourth-order valence-corrected chi connectivity index (χ4v) is 4.37. The number of rotatable bonds is 4. The summed E-state index contributed by atoms with van der Waals surface area (Å²) >= 11 is 3.32. The van der Waals surface area contributed by atoms with Gasteiger partial charge in [-0.2, -0.15) is 0 Å². The van der Waals surface area contributed by atoms with Gasteiger partial charge in [0.2, 0.25) is 0 Å². The van der Waals surface area contributed by atoms with Crippen LogP contribution in [-0.4, -0.2) is 28.0 Å². The lowest BCUT2D eigenvalue weighted by Crippen LogP contribution is -2.03. The van der Waals surface area contributed by atoms with E-state index in [9.17, 15) is 4.79 Å². The van der Waals surface area contributed by atoms with E-state index in [0.717, 1.165) is 49.7 Å². The van der Waals surface area contributed by atoms with Gasteiger partial charge in [-0.1, -0.05) is 0 Å². The van der Waals surface area contributed by atoms with Crippen molar-refractivity contribution in [2.75, 3.05) is 7.11 Å². The molecule has 0 unspecified atom stereocenters. The molecule has 0 radical (unpaired) electrons. The van der Waals surface area contributed by atoms with E-state index in [-0.39, 0.29) is 5.97 Å². The standard InChI is InChI=1S/C17H19N3O2S2/c1-8-14(17(21)22-5)9(2)18-15(8)16-10(3)24-13(20-16)6-12-7-23-11(4)19-12/h7,18H,6H2,1-5H3. The van der Waals surface area contributed by atoms with Crippen molar-refractivity contribution in [1.29, 1.82) is 0 Å². The first-order chi connectivity index (χ1) is 11.4. The number of nitrogens with zero attached hydrogens (tertiary/aromatic N) is 2. The highest BCUT2D eigenvalue weighted by Crippen LogP contribution is 2.33. The van der Waals surface area contributed by atoms with Crippen LogP contribution in [0.3, 0.4) is 0 Å². The highest BCUT2D eigenvalue weighted by Gasteiger charge is 2.22. The molecular formula is C17H19N3O2S2. The number of ether oxygens (including phenoxy) is 1. The molecule has 0 saturated heterocycles. The summed E-state index contributed by atoms with van der Waals surface area (Å²) in [6.45, 7) is 7.86. The van der Waals surface area contributed by atoms with Crippen LogP contribution in [0.1, 0.15) is 42.2 Å². The van der Waals surface area contributed by atoms with E-state index in [4.69, 9.17) is 9.72 Å². The fraction of sp³-hybridized carbons (Fsp3) is 0.353. The molecule has 126 valence electrons. The van der Waals surface area contributed by atoms with Crippen molar-refractivity contribution in [3.63, 3.8) is 0 Å². The van der Waals surface area contributed by atoms with Crippen LogP contribution in [0.25, 0.3) is 11.4 Å². The molecule has 3 rings (SSSR count). The maximum atomic E-state index is 12.0. The maximum Gasteiger partial charge on any atom is 0.339 e. The zero-order valence-corrected chi connectivity index (χ0v) is 15.9. The van der Waals surface area contributed by atoms with Crippen molar-refractivity contribution >= 4 is 28.6 Å². The highest BCUT2D eigenvalue weighted by atomic mass is 32.1. The summed E-state index contributed by atoms with van der Waals surface area (Å²) in [6.07, 6.45) is 0.735. The molecule has 0 amide bonds. The zero-order valence-electron chi connectivity index (χ0n) is 14.3. The van der Waals surface area contributed by atoms with Crippen LogP contribution in [-0.2, 0) is 11.2 Å². The number of carbonyl (C=O) groups excluding carboxylic acids is 1. The number of thiazole rings is 2. The molecule has 5 nitrogen and oxygen atoms in total. The molecule has 3 heterocycles. The molecule has 0 bridgehead atoms. The third-order valence-electron chi connectivity index (χ3n) is 3.90. The highest BCUT2D eigenvalue weighted by molar-refractivity contribution is 7.12. The van der Waals surface area contributed by atoms with Crippen molar-refractivity contribution in [3.8, 4) is 11.4 Å². The number of H-pyrrole nitrogens is 1. The lowest BCUT2D eigenvalue weighted by atomic mass is 10.1. The second kappa shape index (κ2) is 6.49. The summed E-state index contributed by atoms with van der Waals surface area (Å²) in [4.78, 5) is 25.7. The fourth-order valence-electron chi connectivity index (χ4n) is 2.80. The van der Waals surface area contributed by atoms with Gasteiger partial charge < -0.3 is 9.72 Å². The third kappa shape index (κ3) is 3.01. The molecule has 0 saturated carbocycles. The van der Waals surface area contributed by atoms with Crippen molar-refractivity contribution in [1.82, 2.24) is 15.0 Å². The number of methoxy groups -OCH3 is 1. The molecule has 0 atom stereocenters. The molecule has 0 aliphatic heterocycles. The normalized spacial score (nSPS) is 11.0. The molecule has 3 aromatic rings. The van der Waals surface area contributed by atoms with Gasteiger partial charge in [-0.05, 0) is 33.3 Å². The minimum atomic E-state index is -0.321. The number of hydrogen-bond acceptors (Lipinski definition) is 6. The molecular weight excluding hydrogens is 342 g/mol. The molecule has 0 aliphatic rings. The number of aromatic nitrogens is 3. The van der Waals surface area contributed by atoms with Gasteiger partial charge in [0.05, 0.1) is 34.1 Å². The minimum absolute atomic E-state index is 0.321. The SMILES string of the molecule is COC(=O)c1c(C)[nH]c(-c2nc(Cc3csc(C)n3)sc2C)c1C. The molecule has 0 fully saturated rings. The molecule has 7 heteroatoms. The molecule has 24 heavy (non-hydrogen) atoms. The topological polar surface area (TPSA) is 67.9 Å². The van der Waals surface area contributed by atoms with Crippen LogP contribution in [0.5, 0.6) is 0 Å². The van der Waals surface area contributed by atoms with Gasteiger partial charge >= 0.3 is 5.97 Å². The third-order valence-corrected chi connectivity index (χ3v) is 5.70. The quantitative estimate of drug-likeness (QED) is 0.707. The maximum absolute atomic E-state index is 12.0. The lowest BCUT2D eigenvalue weighted by Gasteiger charge is -2.00. The first kappa shape index (κ1) is 16.9. The first-order valence-electron chi connectivity index (χ1n) is 7.55. The Morgan fingerprint density at radius 3 is 2.62 bits per heavy atom. The van der Waals surface area contributed by atoms with Gasteiger partial charge in [0, 0.05) is 22.4 Å². The Hall–Kier alpha value is -1.99. The number of aryl methyl sites for hydroxylation is 3. The van der Waals surface area contributed by atoms with E-state index in [1.807, 2.05) is 20.8 Å². The van der Waals surface area contributed by atoms with Crippen LogP contribution in [0.4, 0.5) is 0 Å². The second-order valence-corrected chi connectivity index (χ2v) is 8.01. The van der Waals surface area contributed by atoms with E-state index in [1.165, 1.54) is 7.11 Å². The van der Waals surface area contributed by atoms with E-state index >= 15 is 0 Å². The van der Waals surface area contributed by atoms with Crippen molar-refractivity contribution in [3.05, 3.63) is 42.8 Å². The Balaban J connectivity index is 1.97. The molecule has 0 aliphatic carbocycles. The van der Waals surface area contributed by atoms with Gasteiger partial charge in [-0.25, -0.2) is 14.8 Å². The van der Waals surface area contributed by atoms with Gasteiger partial charge in [-0.15, -0.1) is 22.7 Å². The van der Waals surface area contributed by atoms with Crippen LogP contribution in [0.2, 0.25) is 0 Å². The van der Waals surface area contributed by atoms with Gasteiger partial charge in [0.15, 0.2) is 0 Å². The smallest absolute Gasteiger partial charge is 0.339 e. The second-order valence-electron chi connectivity index (χ2n) is 5.66. The largest absolute Gasteiger partial charge is 0.465 e. The Morgan fingerprint density at radius 1 is 1.25 bits per heavy atom. The predicted molar refractivity (Wildman–Crippen MR) is 97.1 cm³/mol. The summed E-state index contributed by atoms with van der Waals surface area (Å²) in [6, 6.07) is 0. The van der Waals surface area contributed by atoms with Crippen LogP contribution < -0.4 is 0 Å². The minimum Gasteiger partial charge on any atom is -0.465 e. The van der Waals surface area contributed by atoms with E-state index in [0.29, 0.717) is 5.56 Å². The van der Waals surface area contributed by atoms with Gasteiger partial charge in [-0.3, -0.25) is 0 Å². The van der Waals surface area contributed by atoms with E-state index < -0.39 is 0 Å². The average Bonchev–Trinajstić information content (AvgIpc) is 3.18. The van der Waals surface area contributed by atoms with Gasteiger partial charge in [0.1, 0.15) is 5.69 Å². The molecule has 3 aromatic heterocycles. The summed E-state index contributed by atoms with van der Waals surface area (Å²) in [5.74, 6) is -0.321. The lowest BCUT2D eigenvalue weighted by molar-refractivity contribution is 0.0599. The predicted octanol–water partition coefficient (Wildman–Crippen LogP) is 4.21. The van der Waals surface area contributed by atoms with Gasteiger partial charge in [0.25, 0.3) is 0 Å². The monoisotopic (exact) mass is 361 g/mol. The van der Waals surface area contributed by atoms with Crippen molar-refractivity contribution < 1.29 is 9.53 Å². The van der Waals surface area contributed by atoms with Crippen molar-refractivity contribution in [2.24, 2.45) is 0 Å². The van der Waals surface area contributed by atoms with E-state index in [1.54, 1.807) is 22.7 Å². The number of hydrogen-bond donors (Lipinski definition) is 1. The van der Waals surface area contributed by atoms with Crippen LogP contribution in [0.15, 0.2) is 5.38 Å². The summed E-state index contributed by atoms with van der Waals surface area (Å²) in [5, 5.41) is 4.17. The number of nitrogens with one attached hydrogen (secondary N) is 1. The molecule has 0 aromatic carbocycles. The van der Waals surface area contributed by atoms with Crippen LogP contribution >= 0.6 is 22.7 Å². The zero-order chi connectivity index (χ0) is 17.4. The Kier molecular flexibility index (Phi) is 4.56. The van der Waals surface area contributed by atoms with E-state index in [2.05, 4.69) is 22.3 Å². The molecule has 0 spiro atoms. The summed E-state index contributed by atoms with van der Waals surface area (Å²) < 4.78 is 4.88. The average molecular weight is 361 g/mol. The Labute approximate surface area is 148 Å².